The zero-order valence-electron chi connectivity index (χ0n) is 11.9. The molecule has 1 aromatic heterocycles. The molecule has 0 amide bonds. The standard InChI is InChI=1S/C14H24N2O2/c1-6-16-14(11(4)17-5)12-7-13(9-15-8-12)18-10(2)3/h7-11,14,16H,6H2,1-5H3. The van der Waals surface area contributed by atoms with Crippen LogP contribution in [0.3, 0.4) is 0 Å². The fraction of sp³-hybridized carbons (Fsp3) is 0.643. The van der Waals surface area contributed by atoms with Crippen LogP contribution < -0.4 is 10.1 Å². The Labute approximate surface area is 110 Å². The molecule has 0 aliphatic carbocycles. The van der Waals surface area contributed by atoms with Gasteiger partial charge in [0.1, 0.15) is 5.75 Å². The Kier molecular flexibility index (Phi) is 6.09. The highest BCUT2D eigenvalue weighted by Crippen LogP contribution is 2.22. The molecule has 4 nitrogen and oxygen atoms in total. The number of rotatable bonds is 7. The molecule has 1 heterocycles. The smallest absolute Gasteiger partial charge is 0.138 e. The largest absolute Gasteiger partial charge is 0.489 e. The maximum atomic E-state index is 5.67. The van der Waals surface area contributed by atoms with Gasteiger partial charge in [0.05, 0.1) is 24.4 Å². The number of pyridine rings is 1. The van der Waals surface area contributed by atoms with Crippen molar-refractivity contribution < 1.29 is 9.47 Å². The van der Waals surface area contributed by atoms with Gasteiger partial charge >= 0.3 is 0 Å². The summed E-state index contributed by atoms with van der Waals surface area (Å²) in [5, 5.41) is 3.41. The summed E-state index contributed by atoms with van der Waals surface area (Å²) in [6, 6.07) is 2.15. The number of methoxy groups -OCH3 is 1. The summed E-state index contributed by atoms with van der Waals surface area (Å²) in [6.07, 6.45) is 3.83. The molecule has 0 bridgehead atoms. The van der Waals surface area contributed by atoms with Crippen molar-refractivity contribution in [2.75, 3.05) is 13.7 Å². The Bertz CT molecular complexity index is 355. The lowest BCUT2D eigenvalue weighted by Gasteiger charge is -2.24. The lowest BCUT2D eigenvalue weighted by molar-refractivity contribution is 0.0833. The molecule has 1 rings (SSSR count). The minimum atomic E-state index is 0.0843. The van der Waals surface area contributed by atoms with E-state index in [2.05, 4.69) is 17.2 Å². The quantitative estimate of drug-likeness (QED) is 0.810. The first-order chi connectivity index (χ1) is 8.58. The first kappa shape index (κ1) is 14.9. The lowest BCUT2D eigenvalue weighted by atomic mass is 10.0. The van der Waals surface area contributed by atoms with E-state index in [4.69, 9.17) is 9.47 Å². The van der Waals surface area contributed by atoms with Crippen molar-refractivity contribution in [2.24, 2.45) is 0 Å². The lowest BCUT2D eigenvalue weighted by Crippen LogP contribution is -2.31. The van der Waals surface area contributed by atoms with Gasteiger partial charge in [-0.15, -0.1) is 0 Å². The van der Waals surface area contributed by atoms with E-state index in [9.17, 15) is 0 Å². The Morgan fingerprint density at radius 2 is 2.00 bits per heavy atom. The van der Waals surface area contributed by atoms with Crippen LogP contribution in [0.15, 0.2) is 18.5 Å². The zero-order chi connectivity index (χ0) is 13.5. The van der Waals surface area contributed by atoms with Crippen LogP contribution in [0.25, 0.3) is 0 Å². The van der Waals surface area contributed by atoms with Crippen molar-refractivity contribution in [3.63, 3.8) is 0 Å². The van der Waals surface area contributed by atoms with Gasteiger partial charge in [-0.25, -0.2) is 0 Å². The van der Waals surface area contributed by atoms with Crippen molar-refractivity contribution in [2.45, 2.75) is 45.9 Å². The van der Waals surface area contributed by atoms with E-state index >= 15 is 0 Å². The summed E-state index contributed by atoms with van der Waals surface area (Å²) in [7, 11) is 1.72. The van der Waals surface area contributed by atoms with Gasteiger partial charge in [0.25, 0.3) is 0 Å². The first-order valence-electron chi connectivity index (χ1n) is 6.46. The van der Waals surface area contributed by atoms with Crippen LogP contribution in [0, 0.1) is 0 Å². The van der Waals surface area contributed by atoms with E-state index < -0.39 is 0 Å². The number of ether oxygens (including phenoxy) is 2. The van der Waals surface area contributed by atoms with Gasteiger partial charge in [-0.05, 0) is 38.9 Å². The zero-order valence-corrected chi connectivity index (χ0v) is 11.9. The summed E-state index contributed by atoms with van der Waals surface area (Å²) < 4.78 is 11.1. The van der Waals surface area contributed by atoms with Gasteiger partial charge in [0, 0.05) is 13.3 Å². The van der Waals surface area contributed by atoms with Crippen LogP contribution >= 0.6 is 0 Å². The van der Waals surface area contributed by atoms with Crippen LogP contribution in [0.2, 0.25) is 0 Å². The predicted octanol–water partition coefficient (Wildman–Crippen LogP) is 2.55. The fourth-order valence-electron chi connectivity index (χ4n) is 1.85. The molecule has 1 N–H and O–H groups in total. The number of hydrogen-bond acceptors (Lipinski definition) is 4. The highest BCUT2D eigenvalue weighted by atomic mass is 16.5. The molecule has 102 valence electrons. The van der Waals surface area contributed by atoms with Gasteiger partial charge in [-0.3, -0.25) is 4.98 Å². The molecule has 1 aromatic rings. The van der Waals surface area contributed by atoms with Gasteiger partial charge in [0.15, 0.2) is 0 Å². The predicted molar refractivity (Wildman–Crippen MR) is 72.9 cm³/mol. The average Bonchev–Trinajstić information content (AvgIpc) is 2.34. The molecule has 0 saturated heterocycles. The molecule has 0 radical (unpaired) electrons. The highest BCUT2D eigenvalue weighted by Gasteiger charge is 2.18. The van der Waals surface area contributed by atoms with E-state index in [-0.39, 0.29) is 18.2 Å². The molecule has 0 aromatic carbocycles. The third-order valence-electron chi connectivity index (χ3n) is 2.73. The minimum Gasteiger partial charge on any atom is -0.489 e. The number of nitrogens with zero attached hydrogens (tertiary/aromatic N) is 1. The van der Waals surface area contributed by atoms with Crippen LogP contribution in [0.5, 0.6) is 5.75 Å². The topological polar surface area (TPSA) is 43.4 Å². The monoisotopic (exact) mass is 252 g/mol. The van der Waals surface area contributed by atoms with Gasteiger partial charge in [-0.2, -0.15) is 0 Å². The Balaban J connectivity index is 2.90. The normalized spacial score (nSPS) is 14.6. The summed E-state index contributed by atoms with van der Waals surface area (Å²) in [5.41, 5.74) is 1.09. The molecule has 0 spiro atoms. The SMILES string of the molecule is CCNC(c1cncc(OC(C)C)c1)C(C)OC. The Hall–Kier alpha value is -1.13. The van der Waals surface area contributed by atoms with E-state index in [1.807, 2.05) is 33.0 Å². The van der Waals surface area contributed by atoms with Crippen molar-refractivity contribution in [3.8, 4) is 5.75 Å². The van der Waals surface area contributed by atoms with E-state index in [0.717, 1.165) is 17.9 Å². The molecule has 2 atom stereocenters. The number of hydrogen-bond donors (Lipinski definition) is 1. The van der Waals surface area contributed by atoms with Crippen molar-refractivity contribution >= 4 is 0 Å². The number of likely N-dealkylation sites (N-methyl/N-ethyl adjacent to an activating group) is 1. The maximum Gasteiger partial charge on any atom is 0.138 e. The summed E-state index contributed by atoms with van der Waals surface area (Å²) in [6.45, 7) is 9.02. The Morgan fingerprint density at radius 1 is 1.28 bits per heavy atom. The molecule has 0 saturated carbocycles. The van der Waals surface area contributed by atoms with E-state index in [0.29, 0.717) is 0 Å². The van der Waals surface area contributed by atoms with Crippen LogP contribution in [-0.4, -0.2) is 30.8 Å². The maximum absolute atomic E-state index is 5.67. The fourth-order valence-corrected chi connectivity index (χ4v) is 1.85. The van der Waals surface area contributed by atoms with Crippen molar-refractivity contribution in [3.05, 3.63) is 24.0 Å². The van der Waals surface area contributed by atoms with Crippen LogP contribution in [0.4, 0.5) is 0 Å². The van der Waals surface area contributed by atoms with Crippen molar-refractivity contribution in [1.29, 1.82) is 0 Å². The van der Waals surface area contributed by atoms with Crippen LogP contribution in [0.1, 0.15) is 39.3 Å². The molecular weight excluding hydrogens is 228 g/mol. The molecular formula is C14H24N2O2. The molecule has 18 heavy (non-hydrogen) atoms. The second-order valence-electron chi connectivity index (χ2n) is 4.60. The molecule has 0 fully saturated rings. The van der Waals surface area contributed by atoms with Crippen LogP contribution in [-0.2, 0) is 4.74 Å². The second kappa shape index (κ2) is 7.34. The molecule has 4 heteroatoms. The molecule has 0 aliphatic rings. The number of nitrogens with one attached hydrogen (secondary N) is 1. The number of aromatic nitrogens is 1. The minimum absolute atomic E-state index is 0.0843. The van der Waals surface area contributed by atoms with Gasteiger partial charge < -0.3 is 14.8 Å². The third-order valence-corrected chi connectivity index (χ3v) is 2.73. The second-order valence-corrected chi connectivity index (χ2v) is 4.60. The van der Waals surface area contributed by atoms with Gasteiger partial charge in [0.2, 0.25) is 0 Å². The Morgan fingerprint density at radius 3 is 2.56 bits per heavy atom. The van der Waals surface area contributed by atoms with Crippen molar-refractivity contribution in [1.82, 2.24) is 10.3 Å². The van der Waals surface area contributed by atoms with E-state index in [1.165, 1.54) is 0 Å². The first-order valence-corrected chi connectivity index (χ1v) is 6.46. The van der Waals surface area contributed by atoms with E-state index in [1.54, 1.807) is 13.3 Å². The summed E-state index contributed by atoms with van der Waals surface area (Å²) in [5.74, 6) is 0.800. The molecule has 0 aliphatic heterocycles. The summed E-state index contributed by atoms with van der Waals surface area (Å²) >= 11 is 0. The third kappa shape index (κ3) is 4.27. The summed E-state index contributed by atoms with van der Waals surface area (Å²) in [4.78, 5) is 4.24. The highest BCUT2D eigenvalue weighted by molar-refractivity contribution is 5.26. The average molecular weight is 252 g/mol. The molecule has 2 unspecified atom stereocenters. The van der Waals surface area contributed by atoms with Gasteiger partial charge in [-0.1, -0.05) is 6.92 Å².